The van der Waals surface area contributed by atoms with Gasteiger partial charge in [0.05, 0.1) is 13.2 Å². The van der Waals surface area contributed by atoms with Gasteiger partial charge in [-0.05, 0) is 25.8 Å². The third kappa shape index (κ3) is 2.45. The largest absolute Gasteiger partial charge is 0.465 e. The second-order valence-electron chi connectivity index (χ2n) is 4.04. The second kappa shape index (κ2) is 4.75. The Bertz CT molecular complexity index is 202. The number of carbonyl (C=O) groups excluding carboxylic acids is 1. The minimum atomic E-state index is -0.0620. The lowest BCUT2D eigenvalue weighted by Gasteiger charge is -2.32. The number of cyclic esters (lactones) is 1. The third-order valence-corrected chi connectivity index (χ3v) is 2.97. The maximum absolute atomic E-state index is 11.3. The highest BCUT2D eigenvalue weighted by Gasteiger charge is 2.24. The fourth-order valence-electron chi connectivity index (χ4n) is 2.20. The third-order valence-electron chi connectivity index (χ3n) is 2.97. The zero-order chi connectivity index (χ0) is 9.80. The van der Waals surface area contributed by atoms with Crippen molar-refractivity contribution < 1.29 is 9.53 Å². The van der Waals surface area contributed by atoms with E-state index in [1.165, 1.54) is 12.8 Å². The fraction of sp³-hybridized carbons (Fsp3) is 0.900. The van der Waals surface area contributed by atoms with Crippen LogP contribution in [0.3, 0.4) is 0 Å². The van der Waals surface area contributed by atoms with Crippen molar-refractivity contribution in [1.82, 2.24) is 10.2 Å². The van der Waals surface area contributed by atoms with Gasteiger partial charge >= 0.3 is 5.97 Å². The van der Waals surface area contributed by atoms with E-state index in [9.17, 15) is 4.79 Å². The highest BCUT2D eigenvalue weighted by Crippen LogP contribution is 2.12. The Morgan fingerprint density at radius 2 is 2.36 bits per heavy atom. The lowest BCUT2D eigenvalue weighted by molar-refractivity contribution is -0.143. The zero-order valence-corrected chi connectivity index (χ0v) is 8.50. The van der Waals surface area contributed by atoms with E-state index in [0.29, 0.717) is 19.2 Å². The molecule has 14 heavy (non-hydrogen) atoms. The Hall–Kier alpha value is -0.610. The van der Waals surface area contributed by atoms with Crippen LogP contribution in [0.2, 0.25) is 0 Å². The molecule has 0 amide bonds. The molecule has 0 aromatic heterocycles. The second-order valence-corrected chi connectivity index (χ2v) is 4.04. The number of nitrogens with zero attached hydrogens (tertiary/aromatic N) is 1. The van der Waals surface area contributed by atoms with E-state index in [1.807, 2.05) is 0 Å². The van der Waals surface area contributed by atoms with Crippen LogP contribution in [0.15, 0.2) is 0 Å². The summed E-state index contributed by atoms with van der Waals surface area (Å²) < 4.78 is 5.02. The first kappa shape index (κ1) is 9.93. The Balaban J connectivity index is 1.90. The molecule has 0 radical (unpaired) electrons. The molecule has 0 aromatic carbocycles. The van der Waals surface area contributed by atoms with Gasteiger partial charge in [0.2, 0.25) is 0 Å². The van der Waals surface area contributed by atoms with Gasteiger partial charge in [0, 0.05) is 19.1 Å². The molecule has 1 N–H and O–H groups in total. The number of rotatable bonds is 1. The summed E-state index contributed by atoms with van der Waals surface area (Å²) in [6.45, 7) is 4.21. The summed E-state index contributed by atoms with van der Waals surface area (Å²) in [6, 6.07) is 0.536. The van der Waals surface area contributed by atoms with Crippen molar-refractivity contribution in [2.75, 3.05) is 32.8 Å². The van der Waals surface area contributed by atoms with Crippen molar-refractivity contribution in [3.63, 3.8) is 0 Å². The van der Waals surface area contributed by atoms with Gasteiger partial charge in [-0.15, -0.1) is 0 Å². The Morgan fingerprint density at radius 1 is 1.43 bits per heavy atom. The predicted molar refractivity (Wildman–Crippen MR) is 53.0 cm³/mol. The predicted octanol–water partition coefficient (Wildman–Crippen LogP) is -0.0127. The molecular weight excluding hydrogens is 180 g/mol. The molecule has 4 nitrogen and oxygen atoms in total. The van der Waals surface area contributed by atoms with E-state index in [1.54, 1.807) is 0 Å². The fourth-order valence-corrected chi connectivity index (χ4v) is 2.20. The topological polar surface area (TPSA) is 41.6 Å². The van der Waals surface area contributed by atoms with Crippen molar-refractivity contribution in [1.29, 1.82) is 0 Å². The van der Waals surface area contributed by atoms with Gasteiger partial charge in [-0.3, -0.25) is 9.69 Å². The van der Waals surface area contributed by atoms with Crippen LogP contribution in [-0.2, 0) is 9.53 Å². The molecule has 2 aliphatic rings. The Kier molecular flexibility index (Phi) is 3.37. The maximum atomic E-state index is 11.3. The number of hydrogen-bond acceptors (Lipinski definition) is 4. The molecule has 0 saturated carbocycles. The molecule has 0 bridgehead atoms. The Labute approximate surface area is 84.6 Å². The lowest BCUT2D eigenvalue weighted by atomic mass is 10.1. The molecule has 2 heterocycles. The smallest absolute Gasteiger partial charge is 0.320 e. The van der Waals surface area contributed by atoms with Crippen molar-refractivity contribution in [2.24, 2.45) is 0 Å². The van der Waals surface area contributed by atoms with E-state index >= 15 is 0 Å². The number of esters is 1. The molecule has 1 unspecified atom stereocenters. The highest BCUT2D eigenvalue weighted by atomic mass is 16.5. The number of carbonyl (C=O) groups is 1. The normalized spacial score (nSPS) is 30.9. The minimum absolute atomic E-state index is 0.0620. The van der Waals surface area contributed by atoms with Crippen LogP contribution >= 0.6 is 0 Å². The minimum Gasteiger partial charge on any atom is -0.465 e. The van der Waals surface area contributed by atoms with Crippen LogP contribution in [0.1, 0.15) is 19.3 Å². The average Bonchev–Trinajstić information content (AvgIpc) is 2.44. The van der Waals surface area contributed by atoms with Gasteiger partial charge in [-0.1, -0.05) is 0 Å². The van der Waals surface area contributed by atoms with Crippen molar-refractivity contribution in [3.05, 3.63) is 0 Å². The van der Waals surface area contributed by atoms with E-state index in [0.717, 1.165) is 26.1 Å². The maximum Gasteiger partial charge on any atom is 0.320 e. The molecule has 1 atom stereocenters. The van der Waals surface area contributed by atoms with E-state index in [4.69, 9.17) is 4.74 Å². The molecule has 4 heteroatoms. The standard InChI is InChI=1S/C10H18N2O2/c13-10-8-12(5-2-6-14-10)9-3-1-4-11-7-9/h9,11H,1-8H2. The van der Waals surface area contributed by atoms with Crippen LogP contribution in [0.25, 0.3) is 0 Å². The van der Waals surface area contributed by atoms with Crippen LogP contribution in [0, 0.1) is 0 Å². The molecule has 2 saturated heterocycles. The number of ether oxygens (including phenoxy) is 1. The summed E-state index contributed by atoms with van der Waals surface area (Å²) in [5.74, 6) is -0.0620. The monoisotopic (exact) mass is 198 g/mol. The first-order valence-electron chi connectivity index (χ1n) is 5.46. The summed E-state index contributed by atoms with van der Waals surface area (Å²) in [6.07, 6.45) is 3.40. The first-order chi connectivity index (χ1) is 6.86. The molecule has 0 aromatic rings. The first-order valence-corrected chi connectivity index (χ1v) is 5.46. The van der Waals surface area contributed by atoms with Crippen LogP contribution in [0.5, 0.6) is 0 Å². The summed E-state index contributed by atoms with van der Waals surface area (Å²) in [4.78, 5) is 13.5. The van der Waals surface area contributed by atoms with Gasteiger partial charge in [0.25, 0.3) is 0 Å². The molecule has 2 rings (SSSR count). The summed E-state index contributed by atoms with van der Waals surface area (Å²) >= 11 is 0. The molecule has 2 fully saturated rings. The lowest BCUT2D eigenvalue weighted by Crippen LogP contribution is -2.47. The Morgan fingerprint density at radius 3 is 3.14 bits per heavy atom. The van der Waals surface area contributed by atoms with Crippen molar-refractivity contribution in [3.8, 4) is 0 Å². The molecule has 2 aliphatic heterocycles. The van der Waals surface area contributed by atoms with Gasteiger partial charge in [-0.2, -0.15) is 0 Å². The van der Waals surface area contributed by atoms with Crippen LogP contribution in [-0.4, -0.2) is 49.7 Å². The molecule has 0 spiro atoms. The van der Waals surface area contributed by atoms with Crippen molar-refractivity contribution >= 4 is 5.97 Å². The van der Waals surface area contributed by atoms with E-state index in [2.05, 4.69) is 10.2 Å². The highest BCUT2D eigenvalue weighted by molar-refractivity contribution is 5.71. The van der Waals surface area contributed by atoms with Gasteiger partial charge in [0.1, 0.15) is 0 Å². The molecule has 80 valence electrons. The van der Waals surface area contributed by atoms with Gasteiger partial charge in [-0.25, -0.2) is 0 Å². The van der Waals surface area contributed by atoms with E-state index in [-0.39, 0.29) is 5.97 Å². The van der Waals surface area contributed by atoms with Crippen molar-refractivity contribution in [2.45, 2.75) is 25.3 Å². The molecule has 0 aliphatic carbocycles. The van der Waals surface area contributed by atoms with Crippen LogP contribution < -0.4 is 5.32 Å². The quantitative estimate of drug-likeness (QED) is 0.602. The molecular formula is C10H18N2O2. The van der Waals surface area contributed by atoms with Gasteiger partial charge in [0.15, 0.2) is 0 Å². The number of piperidine rings is 1. The average molecular weight is 198 g/mol. The summed E-state index contributed by atoms with van der Waals surface area (Å²) in [5.41, 5.74) is 0. The number of hydrogen-bond donors (Lipinski definition) is 1. The van der Waals surface area contributed by atoms with Gasteiger partial charge < -0.3 is 10.1 Å². The van der Waals surface area contributed by atoms with Crippen LogP contribution in [0.4, 0.5) is 0 Å². The summed E-state index contributed by atoms with van der Waals surface area (Å²) in [7, 11) is 0. The SMILES string of the molecule is O=C1CN(C2CCCNC2)CCCO1. The zero-order valence-electron chi connectivity index (χ0n) is 8.50. The van der Waals surface area contributed by atoms with E-state index < -0.39 is 0 Å². The summed E-state index contributed by atoms with van der Waals surface area (Å²) in [5, 5.41) is 3.37. The number of nitrogens with one attached hydrogen (secondary N) is 1.